The molecule has 1 aliphatic heterocycles. The second-order valence-electron chi connectivity index (χ2n) is 4.79. The average Bonchev–Trinajstić information content (AvgIpc) is 2.76. The largest absolute Gasteiger partial charge is 0.335 e. The summed E-state index contributed by atoms with van der Waals surface area (Å²) in [6, 6.07) is 7.74. The Kier molecular flexibility index (Phi) is 4.13. The highest BCUT2D eigenvalue weighted by atomic mass is 16.2. The number of aryl methyl sites for hydroxylation is 1. The van der Waals surface area contributed by atoms with E-state index in [9.17, 15) is 9.59 Å². The molecule has 3 heteroatoms. The maximum Gasteiger partial charge on any atom is 0.223 e. The van der Waals surface area contributed by atoms with Gasteiger partial charge in [0.05, 0.1) is 6.54 Å². The van der Waals surface area contributed by atoms with Crippen LogP contribution in [0.15, 0.2) is 24.3 Å². The van der Waals surface area contributed by atoms with Gasteiger partial charge in [-0.3, -0.25) is 9.59 Å². The van der Waals surface area contributed by atoms with Crippen molar-refractivity contribution < 1.29 is 9.59 Å². The fourth-order valence-corrected chi connectivity index (χ4v) is 2.28. The summed E-state index contributed by atoms with van der Waals surface area (Å²) >= 11 is 0. The summed E-state index contributed by atoms with van der Waals surface area (Å²) in [4.78, 5) is 25.1. The Balaban J connectivity index is 1.98. The van der Waals surface area contributed by atoms with E-state index in [4.69, 9.17) is 0 Å². The van der Waals surface area contributed by atoms with Crippen LogP contribution in [0.25, 0.3) is 0 Å². The van der Waals surface area contributed by atoms with E-state index in [-0.39, 0.29) is 18.2 Å². The van der Waals surface area contributed by atoms with Gasteiger partial charge in [-0.15, -0.1) is 0 Å². The number of nitrogens with zero attached hydrogens (tertiary/aromatic N) is 1. The summed E-state index contributed by atoms with van der Waals surface area (Å²) in [5, 5.41) is 0. The van der Waals surface area contributed by atoms with Crippen molar-refractivity contribution in [3.05, 3.63) is 35.4 Å². The van der Waals surface area contributed by atoms with Crippen molar-refractivity contribution in [2.45, 2.75) is 32.6 Å². The molecule has 1 aromatic rings. The molecule has 1 heterocycles. The molecule has 0 aliphatic carbocycles. The van der Waals surface area contributed by atoms with Crippen LogP contribution >= 0.6 is 0 Å². The molecule has 0 bridgehead atoms. The summed E-state index contributed by atoms with van der Waals surface area (Å²) < 4.78 is 0. The molecule has 0 N–H and O–H groups in total. The Morgan fingerprint density at radius 3 is 2.56 bits per heavy atom. The molecule has 3 nitrogen and oxygen atoms in total. The number of likely N-dealkylation sites (tertiary alicyclic amines) is 1. The number of amides is 1. The number of benzene rings is 1. The number of Topliss-reactive ketones (excluding diaryl/α,β-unsaturated/α-hetero) is 1. The predicted molar refractivity (Wildman–Crippen MR) is 70.6 cm³/mol. The first-order valence-corrected chi connectivity index (χ1v) is 6.60. The summed E-state index contributed by atoms with van der Waals surface area (Å²) in [5.74, 6) is 0.138. The van der Waals surface area contributed by atoms with Gasteiger partial charge in [0.2, 0.25) is 5.91 Å². The molecule has 0 atom stereocenters. The molecule has 1 amide bonds. The van der Waals surface area contributed by atoms with Crippen molar-refractivity contribution in [2.24, 2.45) is 0 Å². The Labute approximate surface area is 108 Å². The fraction of sp³-hybridized carbons (Fsp3) is 0.467. The molecule has 18 heavy (non-hydrogen) atoms. The number of rotatable bonds is 5. The van der Waals surface area contributed by atoms with E-state index in [1.807, 2.05) is 24.3 Å². The first-order chi connectivity index (χ1) is 8.70. The molecule has 2 rings (SSSR count). The number of carbonyl (C=O) groups excluding carboxylic acids is 2. The SMILES string of the molecule is CCCc1ccc(C(=O)CN2CCCC2=O)cc1. The summed E-state index contributed by atoms with van der Waals surface area (Å²) in [6.07, 6.45) is 3.61. The monoisotopic (exact) mass is 245 g/mol. The zero-order valence-corrected chi connectivity index (χ0v) is 10.8. The van der Waals surface area contributed by atoms with Gasteiger partial charge in [0.25, 0.3) is 0 Å². The van der Waals surface area contributed by atoms with Crippen molar-refractivity contribution in [1.29, 1.82) is 0 Å². The predicted octanol–water partition coefficient (Wildman–Crippen LogP) is 2.44. The Bertz CT molecular complexity index is 436. The minimum absolute atomic E-state index is 0.0355. The summed E-state index contributed by atoms with van der Waals surface area (Å²) in [6.45, 7) is 3.09. The molecule has 1 fully saturated rings. The van der Waals surface area contributed by atoms with Crippen LogP contribution in [0.3, 0.4) is 0 Å². The molecular formula is C15H19NO2. The zero-order chi connectivity index (χ0) is 13.0. The van der Waals surface area contributed by atoms with Gasteiger partial charge in [0.1, 0.15) is 0 Å². The zero-order valence-electron chi connectivity index (χ0n) is 10.8. The van der Waals surface area contributed by atoms with Gasteiger partial charge in [-0.2, -0.15) is 0 Å². The minimum atomic E-state index is 0.0355. The lowest BCUT2D eigenvalue weighted by Gasteiger charge is -2.14. The van der Waals surface area contributed by atoms with Gasteiger partial charge in [0.15, 0.2) is 5.78 Å². The molecule has 96 valence electrons. The lowest BCUT2D eigenvalue weighted by Crippen LogP contribution is -2.30. The van der Waals surface area contributed by atoms with E-state index in [1.54, 1.807) is 4.90 Å². The van der Waals surface area contributed by atoms with Crippen LogP contribution < -0.4 is 0 Å². The van der Waals surface area contributed by atoms with Crippen LogP contribution in [-0.2, 0) is 11.2 Å². The molecule has 0 spiro atoms. The van der Waals surface area contributed by atoms with Crippen molar-refractivity contribution in [3.63, 3.8) is 0 Å². The van der Waals surface area contributed by atoms with Crippen LogP contribution in [0.2, 0.25) is 0 Å². The fourth-order valence-electron chi connectivity index (χ4n) is 2.28. The van der Waals surface area contributed by atoms with E-state index in [2.05, 4.69) is 6.92 Å². The molecule has 1 saturated heterocycles. The molecular weight excluding hydrogens is 226 g/mol. The van der Waals surface area contributed by atoms with Crippen LogP contribution in [0, 0.1) is 0 Å². The topological polar surface area (TPSA) is 37.4 Å². The van der Waals surface area contributed by atoms with Crippen LogP contribution in [0.4, 0.5) is 0 Å². The van der Waals surface area contributed by atoms with Crippen molar-refractivity contribution in [2.75, 3.05) is 13.1 Å². The third-order valence-electron chi connectivity index (χ3n) is 3.32. The number of carbonyl (C=O) groups is 2. The van der Waals surface area contributed by atoms with Crippen molar-refractivity contribution in [3.8, 4) is 0 Å². The van der Waals surface area contributed by atoms with Gasteiger partial charge >= 0.3 is 0 Å². The van der Waals surface area contributed by atoms with Gasteiger partial charge in [-0.05, 0) is 18.4 Å². The minimum Gasteiger partial charge on any atom is -0.335 e. The average molecular weight is 245 g/mol. The van der Waals surface area contributed by atoms with E-state index in [0.29, 0.717) is 12.0 Å². The molecule has 0 radical (unpaired) electrons. The molecule has 0 unspecified atom stereocenters. The van der Waals surface area contributed by atoms with E-state index < -0.39 is 0 Å². The maximum absolute atomic E-state index is 12.0. The molecule has 0 saturated carbocycles. The van der Waals surface area contributed by atoms with Gasteiger partial charge < -0.3 is 4.90 Å². The molecule has 1 aliphatic rings. The highest BCUT2D eigenvalue weighted by Crippen LogP contribution is 2.12. The third kappa shape index (κ3) is 2.97. The van der Waals surface area contributed by atoms with Crippen LogP contribution in [-0.4, -0.2) is 29.7 Å². The quantitative estimate of drug-likeness (QED) is 0.747. The van der Waals surface area contributed by atoms with Gasteiger partial charge in [0, 0.05) is 18.5 Å². The maximum atomic E-state index is 12.0. The van der Waals surface area contributed by atoms with Gasteiger partial charge in [-0.1, -0.05) is 37.6 Å². The lowest BCUT2D eigenvalue weighted by atomic mass is 10.1. The third-order valence-corrected chi connectivity index (χ3v) is 3.32. The number of hydrogen-bond acceptors (Lipinski definition) is 2. The van der Waals surface area contributed by atoms with E-state index in [1.165, 1.54) is 5.56 Å². The second-order valence-corrected chi connectivity index (χ2v) is 4.79. The first-order valence-electron chi connectivity index (χ1n) is 6.60. The van der Waals surface area contributed by atoms with Crippen molar-refractivity contribution >= 4 is 11.7 Å². The number of hydrogen-bond donors (Lipinski definition) is 0. The Hall–Kier alpha value is -1.64. The highest BCUT2D eigenvalue weighted by molar-refractivity contribution is 5.99. The highest BCUT2D eigenvalue weighted by Gasteiger charge is 2.22. The smallest absolute Gasteiger partial charge is 0.223 e. The number of ketones is 1. The summed E-state index contributed by atoms with van der Waals surface area (Å²) in [7, 11) is 0. The Morgan fingerprint density at radius 1 is 1.28 bits per heavy atom. The van der Waals surface area contributed by atoms with Crippen LogP contribution in [0.1, 0.15) is 42.1 Å². The van der Waals surface area contributed by atoms with Crippen molar-refractivity contribution in [1.82, 2.24) is 4.90 Å². The summed E-state index contributed by atoms with van der Waals surface area (Å²) in [5.41, 5.74) is 1.96. The normalized spacial score (nSPS) is 15.2. The Morgan fingerprint density at radius 2 is 2.00 bits per heavy atom. The molecule has 1 aromatic carbocycles. The van der Waals surface area contributed by atoms with Gasteiger partial charge in [-0.25, -0.2) is 0 Å². The molecule has 0 aromatic heterocycles. The standard InChI is InChI=1S/C15H19NO2/c1-2-4-12-6-8-13(9-7-12)14(17)11-16-10-3-5-15(16)18/h6-9H,2-5,10-11H2,1H3. The van der Waals surface area contributed by atoms with Crippen LogP contribution in [0.5, 0.6) is 0 Å². The lowest BCUT2D eigenvalue weighted by molar-refractivity contribution is -0.127. The van der Waals surface area contributed by atoms with E-state index >= 15 is 0 Å². The van der Waals surface area contributed by atoms with E-state index in [0.717, 1.165) is 25.8 Å². The first kappa shape index (κ1) is 12.8. The second kappa shape index (κ2) is 5.80.